The zero-order valence-corrected chi connectivity index (χ0v) is 9.84. The molecule has 0 spiro atoms. The fourth-order valence-corrected chi connectivity index (χ4v) is 2.28. The second-order valence-corrected chi connectivity index (χ2v) is 4.32. The topological polar surface area (TPSA) is 29.1 Å². The molecule has 0 aromatic heterocycles. The molecule has 0 bridgehead atoms. The Labute approximate surface area is 106 Å². The van der Waals surface area contributed by atoms with Gasteiger partial charge in [-0.2, -0.15) is 0 Å². The van der Waals surface area contributed by atoms with Crippen molar-refractivity contribution in [1.82, 2.24) is 5.32 Å². The zero-order valence-electron chi connectivity index (χ0n) is 9.84. The summed E-state index contributed by atoms with van der Waals surface area (Å²) in [7, 11) is 0. The van der Waals surface area contributed by atoms with Gasteiger partial charge in [-0.25, -0.2) is 0 Å². The van der Waals surface area contributed by atoms with E-state index in [1.54, 1.807) is 6.08 Å². The van der Waals surface area contributed by atoms with E-state index in [1.165, 1.54) is 0 Å². The maximum Gasteiger partial charge on any atom is 0.245 e. The van der Waals surface area contributed by atoms with Gasteiger partial charge in [0.1, 0.15) is 0 Å². The number of hydrogen-bond donors (Lipinski definition) is 1. The van der Waals surface area contributed by atoms with Crippen LogP contribution in [0.1, 0.15) is 17.2 Å². The van der Waals surface area contributed by atoms with Crippen LogP contribution in [0.5, 0.6) is 0 Å². The Morgan fingerprint density at radius 2 is 1.44 bits per heavy atom. The molecule has 2 heteroatoms. The van der Waals surface area contributed by atoms with Crippen LogP contribution in [-0.4, -0.2) is 5.91 Å². The molecule has 1 atom stereocenters. The van der Waals surface area contributed by atoms with E-state index in [0.717, 1.165) is 16.7 Å². The van der Waals surface area contributed by atoms with Gasteiger partial charge in [-0.3, -0.25) is 4.79 Å². The summed E-state index contributed by atoms with van der Waals surface area (Å²) in [5.41, 5.74) is 3.23. The molecule has 2 nitrogen and oxygen atoms in total. The van der Waals surface area contributed by atoms with Crippen molar-refractivity contribution in [1.29, 1.82) is 0 Å². The molecule has 1 amide bonds. The van der Waals surface area contributed by atoms with Crippen LogP contribution >= 0.6 is 0 Å². The van der Waals surface area contributed by atoms with Crippen molar-refractivity contribution in [2.24, 2.45) is 0 Å². The SMILES string of the molecule is O=C1C=C(c2ccccc2)C(c2ccccc2)N1. The summed E-state index contributed by atoms with van der Waals surface area (Å²) >= 11 is 0. The molecule has 0 saturated carbocycles. The second-order valence-electron chi connectivity index (χ2n) is 4.32. The van der Waals surface area contributed by atoms with Gasteiger partial charge in [0.2, 0.25) is 5.91 Å². The third-order valence-electron chi connectivity index (χ3n) is 3.12. The highest BCUT2D eigenvalue weighted by molar-refractivity contribution is 6.02. The molecule has 1 N–H and O–H groups in total. The van der Waals surface area contributed by atoms with Crippen molar-refractivity contribution in [3.05, 3.63) is 77.9 Å². The molecule has 3 rings (SSSR count). The zero-order chi connectivity index (χ0) is 12.4. The minimum atomic E-state index is -0.0406. The van der Waals surface area contributed by atoms with E-state index in [2.05, 4.69) is 5.32 Å². The second kappa shape index (κ2) is 4.49. The molecular formula is C16H13NO. The predicted molar refractivity (Wildman–Crippen MR) is 71.7 cm³/mol. The van der Waals surface area contributed by atoms with E-state index < -0.39 is 0 Å². The average Bonchev–Trinajstić information content (AvgIpc) is 2.83. The molecule has 0 radical (unpaired) electrons. The molecule has 1 aliphatic rings. The number of rotatable bonds is 2. The van der Waals surface area contributed by atoms with Crippen molar-refractivity contribution >= 4 is 11.5 Å². The summed E-state index contributed by atoms with van der Waals surface area (Å²) in [5, 5.41) is 2.99. The van der Waals surface area contributed by atoms with Crippen LogP contribution in [-0.2, 0) is 4.79 Å². The first-order chi connectivity index (χ1) is 8.84. The van der Waals surface area contributed by atoms with Gasteiger partial charge in [-0.15, -0.1) is 0 Å². The van der Waals surface area contributed by atoms with E-state index in [0.29, 0.717) is 0 Å². The molecule has 1 heterocycles. The van der Waals surface area contributed by atoms with Crippen LogP contribution in [0, 0.1) is 0 Å². The highest BCUT2D eigenvalue weighted by Gasteiger charge is 2.25. The van der Waals surface area contributed by atoms with Gasteiger partial charge < -0.3 is 5.32 Å². The molecule has 2 aromatic carbocycles. The van der Waals surface area contributed by atoms with Crippen molar-refractivity contribution in [3.8, 4) is 0 Å². The standard InChI is InChI=1S/C16H13NO/c18-15-11-14(12-7-3-1-4-8-12)16(17-15)13-9-5-2-6-10-13/h1-11,16H,(H,17,18). The van der Waals surface area contributed by atoms with Crippen molar-refractivity contribution in [2.45, 2.75) is 6.04 Å². The van der Waals surface area contributed by atoms with Crippen LogP contribution in [0.15, 0.2) is 66.7 Å². The molecule has 88 valence electrons. The van der Waals surface area contributed by atoms with Gasteiger partial charge in [0.15, 0.2) is 0 Å². The third-order valence-corrected chi connectivity index (χ3v) is 3.12. The van der Waals surface area contributed by atoms with E-state index in [1.807, 2.05) is 60.7 Å². The van der Waals surface area contributed by atoms with Crippen molar-refractivity contribution < 1.29 is 4.79 Å². The van der Waals surface area contributed by atoms with Gasteiger partial charge in [-0.1, -0.05) is 60.7 Å². The molecule has 0 saturated heterocycles. The maximum absolute atomic E-state index is 11.6. The quantitative estimate of drug-likeness (QED) is 0.852. The normalized spacial score (nSPS) is 18.3. The fourth-order valence-electron chi connectivity index (χ4n) is 2.28. The largest absolute Gasteiger partial charge is 0.342 e. The highest BCUT2D eigenvalue weighted by atomic mass is 16.1. The Bertz CT molecular complexity index is 587. The first-order valence-electron chi connectivity index (χ1n) is 5.97. The van der Waals surface area contributed by atoms with Gasteiger partial charge in [0, 0.05) is 6.08 Å². The summed E-state index contributed by atoms with van der Waals surface area (Å²) in [6.45, 7) is 0. The van der Waals surface area contributed by atoms with Gasteiger partial charge >= 0.3 is 0 Å². The van der Waals surface area contributed by atoms with Crippen LogP contribution in [0.25, 0.3) is 5.57 Å². The number of hydrogen-bond acceptors (Lipinski definition) is 1. The minimum Gasteiger partial charge on any atom is -0.342 e. The summed E-state index contributed by atoms with van der Waals surface area (Å²) in [6.07, 6.45) is 1.69. The summed E-state index contributed by atoms with van der Waals surface area (Å²) in [4.78, 5) is 11.6. The lowest BCUT2D eigenvalue weighted by molar-refractivity contribution is -0.116. The Balaban J connectivity index is 2.02. The van der Waals surface area contributed by atoms with Crippen LogP contribution < -0.4 is 5.32 Å². The van der Waals surface area contributed by atoms with Crippen LogP contribution in [0.4, 0.5) is 0 Å². The van der Waals surface area contributed by atoms with E-state index >= 15 is 0 Å². The number of amides is 1. The summed E-state index contributed by atoms with van der Waals surface area (Å²) < 4.78 is 0. The molecule has 1 aliphatic heterocycles. The van der Waals surface area contributed by atoms with E-state index in [9.17, 15) is 4.79 Å². The van der Waals surface area contributed by atoms with E-state index in [-0.39, 0.29) is 11.9 Å². The number of carbonyl (C=O) groups excluding carboxylic acids is 1. The van der Waals surface area contributed by atoms with E-state index in [4.69, 9.17) is 0 Å². The Kier molecular flexibility index (Phi) is 2.69. The van der Waals surface area contributed by atoms with Crippen LogP contribution in [0.2, 0.25) is 0 Å². The summed E-state index contributed by atoms with van der Waals surface area (Å²) in [6, 6.07) is 20.0. The van der Waals surface area contributed by atoms with Crippen molar-refractivity contribution in [2.75, 3.05) is 0 Å². The summed E-state index contributed by atoms with van der Waals surface area (Å²) in [5.74, 6) is -0.0253. The number of nitrogens with one attached hydrogen (secondary N) is 1. The molecule has 0 aliphatic carbocycles. The predicted octanol–water partition coefficient (Wildman–Crippen LogP) is 2.94. The lowest BCUT2D eigenvalue weighted by Crippen LogP contribution is -2.20. The Hall–Kier alpha value is -2.35. The van der Waals surface area contributed by atoms with Crippen molar-refractivity contribution in [3.63, 3.8) is 0 Å². The van der Waals surface area contributed by atoms with Gasteiger partial charge in [-0.05, 0) is 16.7 Å². The number of benzene rings is 2. The average molecular weight is 235 g/mol. The lowest BCUT2D eigenvalue weighted by atomic mass is 9.95. The molecular weight excluding hydrogens is 222 g/mol. The lowest BCUT2D eigenvalue weighted by Gasteiger charge is -2.16. The minimum absolute atomic E-state index is 0.0253. The third kappa shape index (κ3) is 1.93. The van der Waals surface area contributed by atoms with Gasteiger partial charge in [0.25, 0.3) is 0 Å². The Morgan fingerprint density at radius 3 is 2.11 bits per heavy atom. The first-order valence-corrected chi connectivity index (χ1v) is 5.97. The monoisotopic (exact) mass is 235 g/mol. The highest BCUT2D eigenvalue weighted by Crippen LogP contribution is 2.33. The number of carbonyl (C=O) groups is 1. The fraction of sp³-hybridized carbons (Fsp3) is 0.0625. The first kappa shape index (κ1) is 10.8. The maximum atomic E-state index is 11.6. The molecule has 0 fully saturated rings. The Morgan fingerprint density at radius 1 is 0.833 bits per heavy atom. The molecule has 18 heavy (non-hydrogen) atoms. The molecule has 2 aromatic rings. The van der Waals surface area contributed by atoms with Crippen LogP contribution in [0.3, 0.4) is 0 Å². The smallest absolute Gasteiger partial charge is 0.245 e. The molecule has 1 unspecified atom stereocenters. The van der Waals surface area contributed by atoms with Gasteiger partial charge in [0.05, 0.1) is 6.04 Å².